The van der Waals surface area contributed by atoms with Gasteiger partial charge in [0, 0.05) is 7.05 Å². The third-order valence-electron chi connectivity index (χ3n) is 2.25. The number of allylic oxidation sites excluding steroid dienone is 1. The number of rotatable bonds is 2. The smallest absolute Gasteiger partial charge is 0.135 e. The van der Waals surface area contributed by atoms with Crippen LogP contribution in [0.4, 0.5) is 0 Å². The van der Waals surface area contributed by atoms with Gasteiger partial charge in [0.2, 0.25) is 0 Å². The van der Waals surface area contributed by atoms with Gasteiger partial charge in [-0.2, -0.15) is 0 Å². The van der Waals surface area contributed by atoms with E-state index >= 15 is 0 Å². The molecule has 1 N–H and O–H groups in total. The van der Waals surface area contributed by atoms with Gasteiger partial charge in [-0.3, -0.25) is 0 Å². The maximum absolute atomic E-state index is 5.34. The van der Waals surface area contributed by atoms with Crippen LogP contribution in [0.15, 0.2) is 11.5 Å². The predicted octanol–water partition coefficient (Wildman–Crippen LogP) is 1.34. The highest BCUT2D eigenvalue weighted by Gasteiger charge is 2.31. The van der Waals surface area contributed by atoms with Gasteiger partial charge in [0.15, 0.2) is 0 Å². The first kappa shape index (κ1) is 9.39. The molecule has 1 atom stereocenters. The summed E-state index contributed by atoms with van der Waals surface area (Å²) in [5.74, 6) is 1.63. The van der Waals surface area contributed by atoms with Crippen LogP contribution in [0.3, 0.4) is 0 Å². The Kier molecular flexibility index (Phi) is 2.62. The zero-order chi connectivity index (χ0) is 9.30. The second-order valence-electron chi connectivity index (χ2n) is 3.60. The zero-order valence-corrected chi connectivity index (χ0v) is 8.51. The molecule has 0 aromatic rings. The van der Waals surface area contributed by atoms with Crippen LogP contribution in [0.1, 0.15) is 20.8 Å². The van der Waals surface area contributed by atoms with Crippen LogP contribution in [-0.4, -0.2) is 25.2 Å². The van der Waals surface area contributed by atoms with Crippen LogP contribution in [0, 0.1) is 5.92 Å². The summed E-state index contributed by atoms with van der Waals surface area (Å²) in [5.41, 5.74) is 4.36. The second-order valence-corrected chi connectivity index (χ2v) is 3.60. The monoisotopic (exact) mass is 170 g/mol. The van der Waals surface area contributed by atoms with Crippen LogP contribution in [0.5, 0.6) is 0 Å². The minimum atomic E-state index is 0.370. The number of hydrazine groups is 1. The van der Waals surface area contributed by atoms with Crippen molar-refractivity contribution in [1.29, 1.82) is 0 Å². The lowest BCUT2D eigenvalue weighted by molar-refractivity contribution is 0.149. The number of ether oxygens (including phenoxy) is 1. The van der Waals surface area contributed by atoms with Gasteiger partial charge < -0.3 is 10.2 Å². The molecule has 1 aliphatic heterocycles. The Morgan fingerprint density at radius 3 is 2.42 bits per heavy atom. The molecule has 0 radical (unpaired) electrons. The fourth-order valence-corrected chi connectivity index (χ4v) is 1.81. The van der Waals surface area contributed by atoms with Crippen molar-refractivity contribution < 1.29 is 4.74 Å². The van der Waals surface area contributed by atoms with Crippen LogP contribution in [0.2, 0.25) is 0 Å². The van der Waals surface area contributed by atoms with Gasteiger partial charge in [0.1, 0.15) is 5.76 Å². The normalized spacial score (nSPS) is 25.0. The molecule has 0 aromatic carbocycles. The van der Waals surface area contributed by atoms with Gasteiger partial charge in [-0.25, -0.2) is 5.01 Å². The van der Waals surface area contributed by atoms with Crippen molar-refractivity contribution in [3.63, 3.8) is 0 Å². The van der Waals surface area contributed by atoms with Crippen LogP contribution in [0.25, 0.3) is 0 Å². The summed E-state index contributed by atoms with van der Waals surface area (Å²) in [6, 6.07) is 0.370. The Balaban J connectivity index is 2.83. The Morgan fingerprint density at radius 1 is 1.50 bits per heavy atom. The molecule has 0 bridgehead atoms. The molecule has 12 heavy (non-hydrogen) atoms. The van der Waals surface area contributed by atoms with E-state index in [0.717, 1.165) is 11.5 Å². The van der Waals surface area contributed by atoms with Crippen molar-refractivity contribution >= 4 is 0 Å². The van der Waals surface area contributed by atoms with Crippen molar-refractivity contribution in [2.45, 2.75) is 26.8 Å². The van der Waals surface area contributed by atoms with E-state index in [1.807, 2.05) is 14.0 Å². The minimum absolute atomic E-state index is 0.370. The maximum Gasteiger partial charge on any atom is 0.135 e. The largest absolute Gasteiger partial charge is 0.497 e. The number of methoxy groups -OCH3 is 1. The summed E-state index contributed by atoms with van der Waals surface area (Å²) in [6.07, 6.45) is 0. The molecule has 3 nitrogen and oxygen atoms in total. The Morgan fingerprint density at radius 2 is 2.08 bits per heavy atom. The molecule has 0 aromatic heterocycles. The van der Waals surface area contributed by atoms with Gasteiger partial charge in [-0.1, -0.05) is 13.8 Å². The molecule has 1 unspecified atom stereocenters. The molecule has 70 valence electrons. The lowest BCUT2D eigenvalue weighted by atomic mass is 10.0. The number of hydrogen-bond donors (Lipinski definition) is 1. The van der Waals surface area contributed by atoms with E-state index < -0.39 is 0 Å². The predicted molar refractivity (Wildman–Crippen MR) is 49.2 cm³/mol. The number of nitrogens with zero attached hydrogens (tertiary/aromatic N) is 1. The van der Waals surface area contributed by atoms with Crippen molar-refractivity contribution in [3.05, 3.63) is 11.5 Å². The first-order chi connectivity index (χ1) is 5.57. The number of likely N-dealkylation sites (N-methyl/N-ethyl adjacent to an activating group) is 1. The molecular formula is C9H18N2O. The van der Waals surface area contributed by atoms with Crippen LogP contribution >= 0.6 is 0 Å². The van der Waals surface area contributed by atoms with E-state index in [1.165, 1.54) is 0 Å². The van der Waals surface area contributed by atoms with Crippen molar-refractivity contribution in [1.82, 2.24) is 10.4 Å². The van der Waals surface area contributed by atoms with E-state index in [9.17, 15) is 0 Å². The van der Waals surface area contributed by atoms with Crippen LogP contribution in [-0.2, 0) is 4.74 Å². The lowest BCUT2D eigenvalue weighted by Crippen LogP contribution is -2.38. The molecular weight excluding hydrogens is 152 g/mol. The maximum atomic E-state index is 5.34. The summed E-state index contributed by atoms with van der Waals surface area (Å²) < 4.78 is 5.34. The third kappa shape index (κ3) is 1.41. The molecule has 0 fully saturated rings. The zero-order valence-electron chi connectivity index (χ0n) is 8.51. The average molecular weight is 170 g/mol. The Labute approximate surface area is 74.4 Å². The van der Waals surface area contributed by atoms with Gasteiger partial charge >= 0.3 is 0 Å². The van der Waals surface area contributed by atoms with E-state index in [4.69, 9.17) is 4.74 Å². The van der Waals surface area contributed by atoms with Gasteiger partial charge in [0.25, 0.3) is 0 Å². The third-order valence-corrected chi connectivity index (χ3v) is 2.25. The Hall–Kier alpha value is -0.700. The molecule has 0 saturated carbocycles. The molecule has 3 heteroatoms. The van der Waals surface area contributed by atoms with Gasteiger partial charge in [0.05, 0.1) is 18.8 Å². The highest BCUT2D eigenvalue weighted by Crippen LogP contribution is 2.24. The highest BCUT2D eigenvalue weighted by molar-refractivity contribution is 5.16. The fourth-order valence-electron chi connectivity index (χ4n) is 1.81. The van der Waals surface area contributed by atoms with E-state index in [-0.39, 0.29) is 0 Å². The average Bonchev–Trinajstić information content (AvgIpc) is 2.24. The SMILES string of the molecule is COC1=C(C)NN(C)C1C(C)C. The Bertz CT molecular complexity index is 199. The van der Waals surface area contributed by atoms with Crippen LogP contribution < -0.4 is 5.43 Å². The molecule has 0 spiro atoms. The van der Waals surface area contributed by atoms with E-state index in [2.05, 4.69) is 24.3 Å². The van der Waals surface area contributed by atoms with E-state index in [1.54, 1.807) is 7.11 Å². The fraction of sp³-hybridized carbons (Fsp3) is 0.778. The summed E-state index contributed by atoms with van der Waals surface area (Å²) >= 11 is 0. The minimum Gasteiger partial charge on any atom is -0.497 e. The van der Waals surface area contributed by atoms with Gasteiger partial charge in [-0.15, -0.1) is 0 Å². The first-order valence-corrected chi connectivity index (χ1v) is 4.32. The van der Waals surface area contributed by atoms with Gasteiger partial charge in [-0.05, 0) is 12.8 Å². The lowest BCUT2D eigenvalue weighted by Gasteiger charge is -2.24. The standard InChI is InChI=1S/C9H18N2O/c1-6(2)8-9(12-5)7(3)10-11(8)4/h6,8,10H,1-5H3. The summed E-state index contributed by atoms with van der Waals surface area (Å²) in [5, 5.41) is 2.10. The second kappa shape index (κ2) is 3.35. The molecule has 0 saturated heterocycles. The quantitative estimate of drug-likeness (QED) is 0.677. The molecule has 0 aliphatic carbocycles. The molecule has 1 heterocycles. The van der Waals surface area contributed by atoms with E-state index in [0.29, 0.717) is 12.0 Å². The number of hydrogen-bond acceptors (Lipinski definition) is 3. The van der Waals surface area contributed by atoms with Crippen molar-refractivity contribution in [2.24, 2.45) is 5.92 Å². The molecule has 1 aliphatic rings. The number of nitrogens with one attached hydrogen (secondary N) is 1. The summed E-state index contributed by atoms with van der Waals surface area (Å²) in [7, 11) is 3.77. The topological polar surface area (TPSA) is 24.5 Å². The van der Waals surface area contributed by atoms with Crippen molar-refractivity contribution in [2.75, 3.05) is 14.2 Å². The summed E-state index contributed by atoms with van der Waals surface area (Å²) in [6.45, 7) is 6.43. The summed E-state index contributed by atoms with van der Waals surface area (Å²) in [4.78, 5) is 0. The molecule has 0 amide bonds. The first-order valence-electron chi connectivity index (χ1n) is 4.32. The highest BCUT2D eigenvalue weighted by atomic mass is 16.5. The van der Waals surface area contributed by atoms with Crippen molar-refractivity contribution in [3.8, 4) is 0 Å². The molecule has 1 rings (SSSR count).